The van der Waals surface area contributed by atoms with Gasteiger partial charge >= 0.3 is 6.18 Å². The zero-order valence-corrected chi connectivity index (χ0v) is 13.6. The highest BCUT2D eigenvalue weighted by molar-refractivity contribution is 8.00. The van der Waals surface area contributed by atoms with Crippen LogP contribution in [-0.2, 0) is 4.79 Å². The number of nitrogens with zero attached hydrogens (tertiary/aromatic N) is 4. The van der Waals surface area contributed by atoms with Crippen molar-refractivity contribution in [3.63, 3.8) is 0 Å². The van der Waals surface area contributed by atoms with Gasteiger partial charge < -0.3 is 10.1 Å². The average molecular weight is 361 g/mol. The Morgan fingerprint density at radius 3 is 2.62 bits per heavy atom. The van der Waals surface area contributed by atoms with Crippen molar-refractivity contribution in [2.75, 3.05) is 13.7 Å². The summed E-state index contributed by atoms with van der Waals surface area (Å²) in [7, 11) is 1.54. The van der Waals surface area contributed by atoms with Crippen molar-refractivity contribution in [3.05, 3.63) is 24.3 Å². The fraction of sp³-hybridized carbons (Fsp3) is 0.385. The first-order valence-electron chi connectivity index (χ1n) is 6.74. The van der Waals surface area contributed by atoms with Gasteiger partial charge in [0.15, 0.2) is 0 Å². The number of ether oxygens (including phenoxy) is 1. The molecule has 11 heteroatoms. The second kappa shape index (κ2) is 7.51. The van der Waals surface area contributed by atoms with Crippen molar-refractivity contribution >= 4 is 17.7 Å². The lowest BCUT2D eigenvalue weighted by molar-refractivity contribution is -0.137. The summed E-state index contributed by atoms with van der Waals surface area (Å²) in [6.45, 7) is 0.101. The Kier molecular flexibility index (Phi) is 5.65. The summed E-state index contributed by atoms with van der Waals surface area (Å²) >= 11 is 0.957. The smallest absolute Gasteiger partial charge is 0.405 e. The molecule has 0 spiro atoms. The normalized spacial score (nSPS) is 12.7. The number of hydrogen-bond donors (Lipinski definition) is 1. The second-order valence-electron chi connectivity index (χ2n) is 4.66. The molecule has 0 saturated heterocycles. The van der Waals surface area contributed by atoms with Crippen LogP contribution in [0.15, 0.2) is 29.4 Å². The first-order valence-corrected chi connectivity index (χ1v) is 7.62. The van der Waals surface area contributed by atoms with Crippen LogP contribution in [0, 0.1) is 0 Å². The van der Waals surface area contributed by atoms with Crippen molar-refractivity contribution in [1.82, 2.24) is 25.5 Å². The summed E-state index contributed by atoms with van der Waals surface area (Å²) in [4.78, 5) is 11.7. The number of rotatable bonds is 6. The summed E-state index contributed by atoms with van der Waals surface area (Å²) in [5, 5.41) is 12.5. The van der Waals surface area contributed by atoms with Crippen LogP contribution in [0.25, 0.3) is 5.69 Å². The van der Waals surface area contributed by atoms with Gasteiger partial charge in [-0.2, -0.15) is 17.9 Å². The number of halogens is 3. The molecule has 0 aliphatic carbocycles. The molecule has 1 amide bonds. The number of alkyl halides is 3. The second-order valence-corrected chi connectivity index (χ2v) is 5.97. The first-order chi connectivity index (χ1) is 11.3. The van der Waals surface area contributed by atoms with Crippen LogP contribution in [0.4, 0.5) is 13.2 Å². The van der Waals surface area contributed by atoms with Gasteiger partial charge in [0.1, 0.15) is 12.3 Å². The van der Waals surface area contributed by atoms with E-state index in [0.29, 0.717) is 11.4 Å². The number of tetrazole rings is 1. The molecular formula is C13H14F3N5O2S. The van der Waals surface area contributed by atoms with E-state index in [1.807, 2.05) is 5.32 Å². The summed E-state index contributed by atoms with van der Waals surface area (Å²) in [5.41, 5.74) is 0.631. The Morgan fingerprint density at radius 1 is 1.38 bits per heavy atom. The SMILES string of the molecule is COc1ccc(-n2nnnc2SC(C)C(=O)NCC(F)(F)F)cc1. The van der Waals surface area contributed by atoms with E-state index < -0.39 is 23.9 Å². The predicted molar refractivity (Wildman–Crippen MR) is 80.1 cm³/mol. The van der Waals surface area contributed by atoms with Crippen LogP contribution in [0.2, 0.25) is 0 Å². The van der Waals surface area contributed by atoms with Crippen molar-refractivity contribution < 1.29 is 22.7 Å². The number of nitrogens with one attached hydrogen (secondary N) is 1. The maximum Gasteiger partial charge on any atom is 0.405 e. The molecular weight excluding hydrogens is 347 g/mol. The minimum Gasteiger partial charge on any atom is -0.497 e. The molecule has 1 heterocycles. The van der Waals surface area contributed by atoms with E-state index in [1.54, 1.807) is 24.3 Å². The van der Waals surface area contributed by atoms with Crippen LogP contribution in [0.1, 0.15) is 6.92 Å². The standard InChI is InChI=1S/C13H14F3N5O2S/c1-8(11(22)17-7-13(14,15)16)24-12-18-19-20-21(12)9-3-5-10(23-2)6-4-9/h3-6,8H,7H2,1-2H3,(H,17,22). The molecule has 1 unspecified atom stereocenters. The highest BCUT2D eigenvalue weighted by atomic mass is 32.2. The Bertz CT molecular complexity index is 690. The fourth-order valence-corrected chi connectivity index (χ4v) is 2.51. The van der Waals surface area contributed by atoms with Gasteiger partial charge in [-0.1, -0.05) is 11.8 Å². The molecule has 1 N–H and O–H groups in total. The topological polar surface area (TPSA) is 81.9 Å². The maximum absolute atomic E-state index is 12.1. The molecule has 0 radical (unpaired) electrons. The molecule has 0 aliphatic heterocycles. The molecule has 24 heavy (non-hydrogen) atoms. The summed E-state index contributed by atoms with van der Waals surface area (Å²) in [6, 6.07) is 6.86. The molecule has 1 atom stereocenters. The third kappa shape index (κ3) is 4.85. The number of carbonyl (C=O) groups excluding carboxylic acids is 1. The van der Waals surface area contributed by atoms with Gasteiger partial charge in [-0.15, -0.1) is 5.10 Å². The Morgan fingerprint density at radius 2 is 2.04 bits per heavy atom. The summed E-state index contributed by atoms with van der Waals surface area (Å²) in [6.07, 6.45) is -4.45. The number of methoxy groups -OCH3 is 1. The van der Waals surface area contributed by atoms with Crippen LogP contribution < -0.4 is 10.1 Å². The average Bonchev–Trinajstić information content (AvgIpc) is 3.00. The van der Waals surface area contributed by atoms with Crippen molar-refractivity contribution in [3.8, 4) is 11.4 Å². The Hall–Kier alpha value is -2.30. The number of aromatic nitrogens is 4. The minimum absolute atomic E-state index is 0.287. The van der Waals surface area contributed by atoms with E-state index in [-0.39, 0.29) is 5.16 Å². The van der Waals surface area contributed by atoms with Gasteiger partial charge in [-0.25, -0.2) is 0 Å². The Labute approximate surface area is 139 Å². The zero-order valence-electron chi connectivity index (χ0n) is 12.7. The van der Waals surface area contributed by atoms with Crippen molar-refractivity contribution in [1.29, 1.82) is 0 Å². The number of hydrogen-bond acceptors (Lipinski definition) is 6. The molecule has 1 aromatic carbocycles. The Balaban J connectivity index is 2.05. The number of thioether (sulfide) groups is 1. The zero-order chi connectivity index (χ0) is 17.7. The van der Waals surface area contributed by atoms with Gasteiger partial charge in [0.05, 0.1) is 18.0 Å². The molecule has 0 bridgehead atoms. The van der Waals surface area contributed by atoms with Gasteiger partial charge in [-0.3, -0.25) is 4.79 Å². The molecule has 7 nitrogen and oxygen atoms in total. The summed E-state index contributed by atoms with van der Waals surface area (Å²) < 4.78 is 42.9. The van der Waals surface area contributed by atoms with E-state index >= 15 is 0 Å². The molecule has 1 aromatic heterocycles. The first kappa shape index (κ1) is 18.0. The van der Waals surface area contributed by atoms with Crippen LogP contribution in [0.3, 0.4) is 0 Å². The van der Waals surface area contributed by atoms with Crippen LogP contribution in [0.5, 0.6) is 5.75 Å². The molecule has 2 aromatic rings. The number of amides is 1. The maximum atomic E-state index is 12.1. The fourth-order valence-electron chi connectivity index (χ4n) is 1.68. The molecule has 0 fully saturated rings. The molecule has 0 aliphatic rings. The lowest BCUT2D eigenvalue weighted by atomic mass is 10.3. The van der Waals surface area contributed by atoms with E-state index in [2.05, 4.69) is 15.5 Å². The van der Waals surface area contributed by atoms with Crippen LogP contribution in [-0.4, -0.2) is 51.2 Å². The van der Waals surface area contributed by atoms with Crippen molar-refractivity contribution in [2.24, 2.45) is 0 Å². The lowest BCUT2D eigenvalue weighted by Gasteiger charge is -2.13. The van der Waals surface area contributed by atoms with E-state index in [0.717, 1.165) is 11.8 Å². The van der Waals surface area contributed by atoms with Gasteiger partial charge in [0, 0.05) is 0 Å². The van der Waals surface area contributed by atoms with E-state index in [1.165, 1.54) is 18.7 Å². The lowest BCUT2D eigenvalue weighted by Crippen LogP contribution is -2.38. The largest absolute Gasteiger partial charge is 0.497 e. The van der Waals surface area contributed by atoms with Gasteiger partial charge in [-0.05, 0) is 41.6 Å². The predicted octanol–water partition coefficient (Wildman–Crippen LogP) is 1.83. The number of carbonyl (C=O) groups is 1. The van der Waals surface area contributed by atoms with Crippen molar-refractivity contribution in [2.45, 2.75) is 23.5 Å². The minimum atomic E-state index is -4.45. The molecule has 0 saturated carbocycles. The van der Waals surface area contributed by atoms with Gasteiger partial charge in [0.2, 0.25) is 11.1 Å². The third-order valence-corrected chi connectivity index (χ3v) is 3.91. The third-order valence-electron chi connectivity index (χ3n) is 2.87. The monoisotopic (exact) mass is 361 g/mol. The molecule has 2 rings (SSSR count). The van der Waals surface area contributed by atoms with E-state index in [9.17, 15) is 18.0 Å². The molecule has 130 valence electrons. The summed E-state index contributed by atoms with van der Waals surface area (Å²) in [5.74, 6) is -0.0949. The van der Waals surface area contributed by atoms with Crippen LogP contribution >= 0.6 is 11.8 Å². The van der Waals surface area contributed by atoms with Gasteiger partial charge in [0.25, 0.3) is 0 Å². The quantitative estimate of drug-likeness (QED) is 0.791. The highest BCUT2D eigenvalue weighted by Crippen LogP contribution is 2.24. The number of benzene rings is 1. The van der Waals surface area contributed by atoms with E-state index in [4.69, 9.17) is 4.74 Å². The highest BCUT2D eigenvalue weighted by Gasteiger charge is 2.29.